The van der Waals surface area contributed by atoms with Crippen molar-refractivity contribution < 1.29 is 28.1 Å². The van der Waals surface area contributed by atoms with Gasteiger partial charge in [-0.2, -0.15) is 9.97 Å². The molecule has 4 aromatic rings. The van der Waals surface area contributed by atoms with Crippen molar-refractivity contribution in [2.45, 2.75) is 50.4 Å². The Labute approximate surface area is 264 Å². The Kier molecular flexibility index (Phi) is 7.22. The normalized spacial score (nSPS) is 27.6. The van der Waals surface area contributed by atoms with Crippen molar-refractivity contribution in [3.63, 3.8) is 0 Å². The number of benzene rings is 2. The van der Waals surface area contributed by atoms with E-state index in [0.29, 0.717) is 53.5 Å². The maximum absolute atomic E-state index is 16.9. The Morgan fingerprint density at radius 1 is 1.15 bits per heavy atom. The monoisotopic (exact) mass is 634 g/mol. The Balaban J connectivity index is 1.29. The van der Waals surface area contributed by atoms with Gasteiger partial charge in [-0.1, -0.05) is 13.0 Å². The van der Waals surface area contributed by atoms with Crippen molar-refractivity contribution in [3.05, 3.63) is 47.7 Å². The van der Waals surface area contributed by atoms with Gasteiger partial charge in [0.2, 0.25) is 0 Å². The molecule has 0 bridgehead atoms. The number of aromatic nitrogens is 3. The lowest BCUT2D eigenvalue weighted by Crippen LogP contribution is -2.43. The molecule has 5 atom stereocenters. The van der Waals surface area contributed by atoms with Crippen LogP contribution >= 0.6 is 0 Å². The molecule has 0 saturated carbocycles. The molecule has 4 aliphatic rings. The van der Waals surface area contributed by atoms with Gasteiger partial charge in [-0.25, -0.2) is 13.2 Å². The van der Waals surface area contributed by atoms with Crippen LogP contribution < -0.4 is 15.0 Å². The summed E-state index contributed by atoms with van der Waals surface area (Å²) in [4.78, 5) is 18.1. The first-order valence-electron chi connectivity index (χ1n) is 16.2. The zero-order valence-corrected chi connectivity index (χ0v) is 25.6. The summed E-state index contributed by atoms with van der Waals surface area (Å²) in [5.74, 6) is -0.371. The highest BCUT2D eigenvalue weighted by Gasteiger charge is 2.50. The van der Waals surface area contributed by atoms with Crippen molar-refractivity contribution >= 4 is 27.5 Å². The van der Waals surface area contributed by atoms with Gasteiger partial charge in [0.15, 0.2) is 5.82 Å². The van der Waals surface area contributed by atoms with Crippen LogP contribution in [0.2, 0.25) is 0 Å². The molecule has 4 aliphatic heterocycles. The number of aryl methyl sites for hydroxylation is 1. The number of fused-ring (bicyclic) bond motifs is 4. The van der Waals surface area contributed by atoms with E-state index in [1.807, 2.05) is 11.8 Å². The predicted octanol–water partition coefficient (Wildman–Crippen LogP) is 4.36. The maximum Gasteiger partial charge on any atom is 0.319 e. The van der Waals surface area contributed by atoms with Gasteiger partial charge in [-0.05, 0) is 72.2 Å². The number of phenols is 1. The number of aromatic hydroxyl groups is 1. The summed E-state index contributed by atoms with van der Waals surface area (Å²) in [5.41, 5.74) is 0.0851. The third kappa shape index (κ3) is 4.59. The van der Waals surface area contributed by atoms with Gasteiger partial charge >= 0.3 is 6.01 Å². The second-order valence-corrected chi connectivity index (χ2v) is 13.3. The van der Waals surface area contributed by atoms with E-state index in [1.54, 1.807) is 6.07 Å². The standard InChI is InChI=1S/C34H37F3N6O3/c1-2-22-26(36)5-4-18-8-21(45)9-23(28(18)22)30-29(37)31-25(13-39-30)32(43-14-19-11-38-12-24(19)27(43)16-44)41-33(40-31)46-17-34-6-3-7-42(34)15-20(35)10-34/h4-5,8-9,13,19-20,24,27,38,44-45H,2-3,6-7,10-12,14-17H2,1H3/t19?,20-,24?,27?,34+/m1/s1. The van der Waals surface area contributed by atoms with Crippen LogP contribution in [0, 0.1) is 23.5 Å². The fraction of sp³-hybridized carbons (Fsp3) is 0.500. The second kappa shape index (κ2) is 11.2. The maximum atomic E-state index is 16.9. The number of phenolic OH excluding ortho intramolecular Hbond substituents is 1. The molecule has 4 fully saturated rings. The summed E-state index contributed by atoms with van der Waals surface area (Å²) in [6, 6.07) is 5.54. The summed E-state index contributed by atoms with van der Waals surface area (Å²) in [6.45, 7) is 5.25. The zero-order chi connectivity index (χ0) is 31.7. The van der Waals surface area contributed by atoms with E-state index in [-0.39, 0.29) is 59.6 Å². The number of ether oxygens (including phenoxy) is 1. The van der Waals surface area contributed by atoms with Crippen LogP contribution in [0.25, 0.3) is 32.9 Å². The first-order chi connectivity index (χ1) is 22.3. The third-order valence-electron chi connectivity index (χ3n) is 10.8. The van der Waals surface area contributed by atoms with E-state index in [9.17, 15) is 19.0 Å². The van der Waals surface area contributed by atoms with Gasteiger partial charge in [-0.15, -0.1) is 0 Å². The highest BCUT2D eigenvalue weighted by Crippen LogP contribution is 2.43. The fourth-order valence-electron chi connectivity index (χ4n) is 8.67. The smallest absolute Gasteiger partial charge is 0.319 e. The molecule has 9 nitrogen and oxygen atoms in total. The van der Waals surface area contributed by atoms with Gasteiger partial charge in [0.25, 0.3) is 0 Å². The Morgan fingerprint density at radius 2 is 2.02 bits per heavy atom. The number of aliphatic hydroxyl groups is 1. The van der Waals surface area contributed by atoms with Crippen molar-refractivity contribution in [1.29, 1.82) is 0 Å². The molecule has 0 radical (unpaired) electrons. The number of halogens is 3. The van der Waals surface area contributed by atoms with Crippen molar-refractivity contribution in [2.24, 2.45) is 11.8 Å². The first kappa shape index (κ1) is 29.6. The van der Waals surface area contributed by atoms with Crippen LogP contribution in [-0.4, -0.2) is 93.8 Å². The molecule has 0 spiro atoms. The van der Waals surface area contributed by atoms with Gasteiger partial charge in [0, 0.05) is 44.4 Å². The van der Waals surface area contributed by atoms with Crippen molar-refractivity contribution in [2.75, 3.05) is 50.8 Å². The molecule has 46 heavy (non-hydrogen) atoms. The Morgan fingerprint density at radius 3 is 2.85 bits per heavy atom. The topological polar surface area (TPSA) is 107 Å². The third-order valence-corrected chi connectivity index (χ3v) is 10.8. The molecule has 2 aromatic heterocycles. The lowest BCUT2D eigenvalue weighted by molar-refractivity contribution is 0.107. The van der Waals surface area contributed by atoms with Crippen molar-refractivity contribution in [1.82, 2.24) is 25.2 Å². The Bertz CT molecular complexity index is 1840. The van der Waals surface area contributed by atoms with Gasteiger partial charge in [0.05, 0.1) is 23.6 Å². The molecule has 8 rings (SSSR count). The minimum absolute atomic E-state index is 0.0293. The molecule has 6 heterocycles. The number of nitrogens with one attached hydrogen (secondary N) is 1. The Hall–Kier alpha value is -3.74. The molecule has 2 aromatic carbocycles. The number of rotatable bonds is 7. The molecule has 3 N–H and O–H groups in total. The molecular formula is C34H37F3N6O3. The summed E-state index contributed by atoms with van der Waals surface area (Å²) in [7, 11) is 0. The molecule has 3 unspecified atom stereocenters. The molecule has 4 saturated heterocycles. The average molecular weight is 635 g/mol. The average Bonchev–Trinajstić information content (AvgIpc) is 3.80. The van der Waals surface area contributed by atoms with E-state index < -0.39 is 23.3 Å². The number of alkyl halides is 1. The van der Waals surface area contributed by atoms with Gasteiger partial charge in [-0.3, -0.25) is 9.88 Å². The summed E-state index contributed by atoms with van der Waals surface area (Å²) in [6.07, 6.45) is 3.05. The van der Waals surface area contributed by atoms with Crippen LogP contribution in [-0.2, 0) is 6.42 Å². The minimum atomic E-state index is -0.930. The lowest BCUT2D eigenvalue weighted by Gasteiger charge is -2.31. The van der Waals surface area contributed by atoms with E-state index in [2.05, 4.69) is 20.2 Å². The van der Waals surface area contributed by atoms with Crippen molar-refractivity contribution in [3.8, 4) is 23.0 Å². The lowest BCUT2D eigenvalue weighted by atomic mass is 9.94. The second-order valence-electron chi connectivity index (χ2n) is 13.3. The predicted molar refractivity (Wildman–Crippen MR) is 168 cm³/mol. The van der Waals surface area contributed by atoms with Gasteiger partial charge in [0.1, 0.15) is 41.4 Å². The minimum Gasteiger partial charge on any atom is -0.508 e. The quantitative estimate of drug-likeness (QED) is 0.274. The number of anilines is 1. The summed E-state index contributed by atoms with van der Waals surface area (Å²) >= 11 is 0. The fourth-order valence-corrected chi connectivity index (χ4v) is 8.67. The van der Waals surface area contributed by atoms with Crippen LogP contribution in [0.1, 0.15) is 31.7 Å². The number of pyridine rings is 1. The largest absolute Gasteiger partial charge is 0.508 e. The number of hydrogen-bond donors (Lipinski definition) is 3. The van der Waals surface area contributed by atoms with Gasteiger partial charge < -0.3 is 25.2 Å². The molecule has 242 valence electrons. The summed E-state index contributed by atoms with van der Waals surface area (Å²) in [5, 5.41) is 25.9. The summed E-state index contributed by atoms with van der Waals surface area (Å²) < 4.78 is 52.6. The van der Waals surface area contributed by atoms with E-state index in [4.69, 9.17) is 9.72 Å². The van der Waals surface area contributed by atoms with E-state index in [0.717, 1.165) is 32.5 Å². The van der Waals surface area contributed by atoms with Crippen LogP contribution in [0.5, 0.6) is 11.8 Å². The molecular weight excluding hydrogens is 597 g/mol. The molecule has 0 aliphatic carbocycles. The molecule has 12 heteroatoms. The van der Waals surface area contributed by atoms with Crippen LogP contribution in [0.4, 0.5) is 19.0 Å². The van der Waals surface area contributed by atoms with Crippen LogP contribution in [0.15, 0.2) is 30.5 Å². The molecule has 0 amide bonds. The van der Waals surface area contributed by atoms with E-state index >= 15 is 4.39 Å². The van der Waals surface area contributed by atoms with Crippen LogP contribution in [0.3, 0.4) is 0 Å². The number of aliphatic hydroxyl groups excluding tert-OH is 1. The zero-order valence-electron chi connectivity index (χ0n) is 25.6. The highest BCUT2D eigenvalue weighted by molar-refractivity contribution is 6.01. The first-order valence-corrected chi connectivity index (χ1v) is 16.2. The number of hydrogen-bond acceptors (Lipinski definition) is 9. The highest BCUT2D eigenvalue weighted by atomic mass is 19.1. The van der Waals surface area contributed by atoms with E-state index in [1.165, 1.54) is 24.4 Å². The SMILES string of the molecule is CCc1c(F)ccc2cc(O)cc(-c3ncc4c(N5CC6CNCC6C5CO)nc(OC[C@@]56CCCN5C[C@H](F)C6)nc4c3F)c12. The number of nitrogens with zero attached hydrogens (tertiary/aromatic N) is 5.